The maximum absolute atomic E-state index is 6.42. The van der Waals surface area contributed by atoms with E-state index < -0.39 is 0 Å². The van der Waals surface area contributed by atoms with Gasteiger partial charge < -0.3 is 8.98 Å². The molecule has 9 aromatic rings. The highest BCUT2D eigenvalue weighted by molar-refractivity contribution is 6.21. The van der Waals surface area contributed by atoms with Crippen LogP contribution in [-0.2, 0) is 0 Å². The summed E-state index contributed by atoms with van der Waals surface area (Å²) in [5.41, 5.74) is 5.47. The summed E-state index contributed by atoms with van der Waals surface area (Å²) < 4.78 is 8.88. The number of benzene rings is 7. The number of furan rings is 1. The second kappa shape index (κ2) is 7.24. The Labute approximate surface area is 217 Å². The molecule has 0 aliphatic rings. The molecule has 0 spiro atoms. The van der Waals surface area contributed by atoms with E-state index in [1.807, 2.05) is 6.07 Å². The highest BCUT2D eigenvalue weighted by atomic mass is 16.3. The zero-order valence-corrected chi connectivity index (χ0v) is 20.5. The van der Waals surface area contributed by atoms with Crippen LogP contribution in [0.25, 0.3) is 81.7 Å². The van der Waals surface area contributed by atoms with Crippen molar-refractivity contribution in [2.75, 3.05) is 0 Å². The second-order valence-electron chi connectivity index (χ2n) is 10.2. The minimum atomic E-state index is 0.920. The molecule has 0 unspecified atom stereocenters. The molecule has 0 amide bonds. The van der Waals surface area contributed by atoms with Crippen LogP contribution in [0.15, 0.2) is 132 Å². The van der Waals surface area contributed by atoms with E-state index in [0.29, 0.717) is 0 Å². The van der Waals surface area contributed by atoms with Crippen LogP contribution in [0.3, 0.4) is 0 Å². The maximum atomic E-state index is 6.42. The second-order valence-corrected chi connectivity index (χ2v) is 10.2. The fraction of sp³-hybridized carbons (Fsp3) is 0. The minimum Gasteiger partial charge on any atom is -0.455 e. The van der Waals surface area contributed by atoms with Crippen molar-refractivity contribution < 1.29 is 4.42 Å². The molecule has 38 heavy (non-hydrogen) atoms. The summed E-state index contributed by atoms with van der Waals surface area (Å²) in [4.78, 5) is 0. The predicted octanol–water partition coefficient (Wildman–Crippen LogP) is 10.1. The topological polar surface area (TPSA) is 18.1 Å². The van der Waals surface area contributed by atoms with Crippen LogP contribution in [0.2, 0.25) is 0 Å². The van der Waals surface area contributed by atoms with E-state index in [0.717, 1.165) is 27.3 Å². The van der Waals surface area contributed by atoms with E-state index in [1.54, 1.807) is 0 Å². The fourth-order valence-corrected chi connectivity index (χ4v) is 6.36. The van der Waals surface area contributed by atoms with Gasteiger partial charge in [0.15, 0.2) is 0 Å². The average molecular weight is 484 g/mol. The molecular weight excluding hydrogens is 462 g/mol. The highest BCUT2D eigenvalue weighted by Gasteiger charge is 2.19. The molecule has 0 saturated heterocycles. The quantitative estimate of drug-likeness (QED) is 0.227. The summed E-state index contributed by atoms with van der Waals surface area (Å²) in [6, 6.07) is 46.0. The van der Waals surface area contributed by atoms with Crippen molar-refractivity contribution in [2.45, 2.75) is 0 Å². The van der Waals surface area contributed by atoms with E-state index in [1.165, 1.54) is 54.4 Å². The average Bonchev–Trinajstić information content (AvgIpc) is 3.49. The Morgan fingerprint density at radius 3 is 1.53 bits per heavy atom. The Hall–Kier alpha value is -5.08. The highest BCUT2D eigenvalue weighted by Crippen LogP contribution is 2.42. The lowest BCUT2D eigenvalue weighted by molar-refractivity contribution is 0.672. The minimum absolute atomic E-state index is 0.920. The Morgan fingerprint density at radius 1 is 0.395 bits per heavy atom. The lowest BCUT2D eigenvalue weighted by atomic mass is 10.0. The van der Waals surface area contributed by atoms with Gasteiger partial charge in [-0.05, 0) is 57.9 Å². The van der Waals surface area contributed by atoms with Gasteiger partial charge in [0.05, 0.1) is 16.7 Å². The smallest absolute Gasteiger partial charge is 0.143 e. The first kappa shape index (κ1) is 20.0. The third-order valence-electron chi connectivity index (χ3n) is 8.10. The Balaban J connectivity index is 1.54. The summed E-state index contributed by atoms with van der Waals surface area (Å²) >= 11 is 0. The third-order valence-corrected chi connectivity index (χ3v) is 8.10. The molecule has 176 valence electrons. The van der Waals surface area contributed by atoms with Crippen LogP contribution >= 0.6 is 0 Å². The molecule has 0 aliphatic heterocycles. The van der Waals surface area contributed by atoms with Crippen molar-refractivity contribution in [3.05, 3.63) is 127 Å². The van der Waals surface area contributed by atoms with Crippen molar-refractivity contribution in [3.63, 3.8) is 0 Å². The van der Waals surface area contributed by atoms with Gasteiger partial charge in [-0.3, -0.25) is 0 Å². The molecule has 0 bridgehead atoms. The molecule has 7 aromatic carbocycles. The molecule has 0 atom stereocenters. The number of fused-ring (bicyclic) bond motifs is 10. The molecule has 0 saturated carbocycles. The molecule has 0 aliphatic carbocycles. The summed E-state index contributed by atoms with van der Waals surface area (Å²) in [6.45, 7) is 0. The number of aromatic nitrogens is 1. The lowest BCUT2D eigenvalue weighted by Gasteiger charge is -2.13. The van der Waals surface area contributed by atoms with Crippen LogP contribution in [-0.4, -0.2) is 4.57 Å². The molecule has 2 heteroatoms. The maximum Gasteiger partial charge on any atom is 0.143 e. The molecular formula is C36H21NO. The van der Waals surface area contributed by atoms with Crippen LogP contribution in [0.5, 0.6) is 0 Å². The van der Waals surface area contributed by atoms with Gasteiger partial charge in [0, 0.05) is 32.3 Å². The van der Waals surface area contributed by atoms with E-state index >= 15 is 0 Å². The molecule has 2 nitrogen and oxygen atoms in total. The first-order chi connectivity index (χ1) is 18.8. The van der Waals surface area contributed by atoms with Crippen molar-refractivity contribution in [2.24, 2.45) is 0 Å². The number of hydrogen-bond acceptors (Lipinski definition) is 1. The van der Waals surface area contributed by atoms with Crippen LogP contribution in [0, 0.1) is 0 Å². The number of para-hydroxylation sites is 1. The van der Waals surface area contributed by atoms with Crippen molar-refractivity contribution in [3.8, 4) is 5.69 Å². The molecule has 2 aromatic heterocycles. The number of rotatable bonds is 1. The van der Waals surface area contributed by atoms with Crippen molar-refractivity contribution >= 4 is 76.1 Å². The van der Waals surface area contributed by atoms with E-state index in [9.17, 15) is 0 Å². The summed E-state index contributed by atoms with van der Waals surface area (Å²) in [7, 11) is 0. The number of hydrogen-bond donors (Lipinski definition) is 0. The van der Waals surface area contributed by atoms with Gasteiger partial charge in [-0.25, -0.2) is 0 Å². The number of nitrogens with zero attached hydrogens (tertiary/aromatic N) is 1. The van der Waals surface area contributed by atoms with Crippen LogP contribution in [0.1, 0.15) is 0 Å². The zero-order valence-electron chi connectivity index (χ0n) is 20.5. The summed E-state index contributed by atoms with van der Waals surface area (Å²) in [5, 5.41) is 12.1. The van der Waals surface area contributed by atoms with Gasteiger partial charge in [0.25, 0.3) is 0 Å². The van der Waals surface area contributed by atoms with Gasteiger partial charge >= 0.3 is 0 Å². The largest absolute Gasteiger partial charge is 0.455 e. The standard InChI is InChI=1S/C36H21NO/c1-3-11-24-19-32-29(17-22(24)9-1)30-18-23-10-2-4-12-25(23)20-33(30)37(32)34-21-31-27-14-7-8-16-35(27)38-36(31)28-15-6-5-13-26(28)34/h1-21H. The molecule has 0 N–H and O–H groups in total. The van der Waals surface area contributed by atoms with E-state index in [2.05, 4.69) is 126 Å². The fourth-order valence-electron chi connectivity index (χ4n) is 6.36. The van der Waals surface area contributed by atoms with Gasteiger partial charge in [-0.1, -0.05) is 91.0 Å². The van der Waals surface area contributed by atoms with E-state index in [4.69, 9.17) is 4.42 Å². The molecule has 0 fully saturated rings. The van der Waals surface area contributed by atoms with Gasteiger partial charge in [0.1, 0.15) is 11.2 Å². The molecule has 0 radical (unpaired) electrons. The van der Waals surface area contributed by atoms with Crippen molar-refractivity contribution in [1.82, 2.24) is 4.57 Å². The van der Waals surface area contributed by atoms with Crippen LogP contribution in [0.4, 0.5) is 0 Å². The summed E-state index contributed by atoms with van der Waals surface area (Å²) in [5.74, 6) is 0. The van der Waals surface area contributed by atoms with Crippen molar-refractivity contribution in [1.29, 1.82) is 0 Å². The molecule has 9 rings (SSSR count). The molecule has 2 heterocycles. The lowest BCUT2D eigenvalue weighted by Crippen LogP contribution is -1.96. The van der Waals surface area contributed by atoms with Gasteiger partial charge in [-0.2, -0.15) is 0 Å². The Morgan fingerprint density at radius 2 is 0.895 bits per heavy atom. The third kappa shape index (κ3) is 2.61. The Kier molecular flexibility index (Phi) is 3.82. The van der Waals surface area contributed by atoms with E-state index in [-0.39, 0.29) is 0 Å². The monoisotopic (exact) mass is 483 g/mol. The first-order valence-corrected chi connectivity index (χ1v) is 13.0. The SMILES string of the molecule is c1ccc2cc3c(cc2c1)c1cc2ccccc2cc1n3-c1cc2c3ccccc3oc2c2ccccc12. The zero-order chi connectivity index (χ0) is 24.8. The van der Waals surface area contributed by atoms with Gasteiger partial charge in [-0.15, -0.1) is 0 Å². The first-order valence-electron chi connectivity index (χ1n) is 13.0. The predicted molar refractivity (Wildman–Crippen MR) is 161 cm³/mol. The summed E-state index contributed by atoms with van der Waals surface area (Å²) in [6.07, 6.45) is 0. The van der Waals surface area contributed by atoms with Gasteiger partial charge in [0.2, 0.25) is 0 Å². The van der Waals surface area contributed by atoms with Crippen LogP contribution < -0.4 is 0 Å². The normalized spacial score (nSPS) is 12.2. The Bertz CT molecular complexity index is 2310.